The molecule has 0 amide bonds. The summed E-state index contributed by atoms with van der Waals surface area (Å²) >= 11 is 3.07. The number of nitrogens with two attached hydrogens (primary N) is 2. The Bertz CT molecular complexity index is 734. The predicted octanol–water partition coefficient (Wildman–Crippen LogP) is 3.30. The Morgan fingerprint density at radius 2 is 1.88 bits per heavy atom. The SMILES string of the molecule is NC1=NC2(CCCCC2)N(c2cc(F)cc(Br)c2OC(F)F)C(N)=N1. The quantitative estimate of drug-likeness (QED) is 0.786. The lowest BCUT2D eigenvalue weighted by Crippen LogP contribution is -2.58. The number of rotatable bonds is 3. The molecule has 6 nitrogen and oxygen atoms in total. The van der Waals surface area contributed by atoms with Crippen LogP contribution >= 0.6 is 15.9 Å². The Labute approximate surface area is 150 Å². The van der Waals surface area contributed by atoms with Gasteiger partial charge in [-0.1, -0.05) is 6.42 Å². The minimum atomic E-state index is -3.08. The summed E-state index contributed by atoms with van der Waals surface area (Å²) in [5.41, 5.74) is 11.0. The molecule has 2 aliphatic rings. The fourth-order valence-corrected chi connectivity index (χ4v) is 3.90. The highest BCUT2D eigenvalue weighted by molar-refractivity contribution is 9.10. The molecule has 0 aromatic heterocycles. The summed E-state index contributed by atoms with van der Waals surface area (Å²) in [6, 6.07) is 2.13. The van der Waals surface area contributed by atoms with Crippen molar-refractivity contribution in [1.82, 2.24) is 0 Å². The Kier molecular flexibility index (Phi) is 4.81. The lowest BCUT2D eigenvalue weighted by Gasteiger charge is -2.46. The summed E-state index contributed by atoms with van der Waals surface area (Å²) in [6.45, 7) is -3.08. The van der Waals surface area contributed by atoms with Gasteiger partial charge in [0.2, 0.25) is 11.9 Å². The first kappa shape index (κ1) is 17.8. The minimum absolute atomic E-state index is 0.0162. The van der Waals surface area contributed by atoms with Gasteiger partial charge in [-0.15, -0.1) is 0 Å². The van der Waals surface area contributed by atoms with E-state index in [2.05, 4.69) is 30.7 Å². The molecular weight excluding hydrogens is 403 g/mol. The summed E-state index contributed by atoms with van der Waals surface area (Å²) in [4.78, 5) is 9.82. The number of guanidine groups is 2. The number of hydrogen-bond acceptors (Lipinski definition) is 6. The maximum absolute atomic E-state index is 14.0. The van der Waals surface area contributed by atoms with Gasteiger partial charge in [-0.3, -0.25) is 4.90 Å². The topological polar surface area (TPSA) is 89.2 Å². The molecule has 3 rings (SSSR count). The maximum atomic E-state index is 14.0. The summed E-state index contributed by atoms with van der Waals surface area (Å²) in [7, 11) is 0. The molecule has 1 heterocycles. The van der Waals surface area contributed by atoms with E-state index in [1.165, 1.54) is 4.90 Å². The van der Waals surface area contributed by atoms with Gasteiger partial charge >= 0.3 is 6.61 Å². The van der Waals surface area contributed by atoms with Gasteiger partial charge in [-0.2, -0.15) is 13.8 Å². The van der Waals surface area contributed by atoms with E-state index in [1.807, 2.05) is 0 Å². The van der Waals surface area contributed by atoms with Gasteiger partial charge in [-0.25, -0.2) is 9.38 Å². The van der Waals surface area contributed by atoms with Crippen LogP contribution in [0.5, 0.6) is 5.75 Å². The van der Waals surface area contributed by atoms with Crippen molar-refractivity contribution in [3.05, 3.63) is 22.4 Å². The molecule has 1 fully saturated rings. The monoisotopic (exact) mass is 419 g/mol. The van der Waals surface area contributed by atoms with E-state index in [0.29, 0.717) is 12.8 Å². The zero-order valence-corrected chi connectivity index (χ0v) is 14.8. The second-order valence-electron chi connectivity index (χ2n) is 5.93. The highest BCUT2D eigenvalue weighted by Crippen LogP contribution is 2.45. The van der Waals surface area contributed by atoms with Crippen molar-refractivity contribution in [1.29, 1.82) is 0 Å². The summed E-state index contributed by atoms with van der Waals surface area (Å²) in [5.74, 6) is -0.881. The Balaban J connectivity index is 2.17. The van der Waals surface area contributed by atoms with Crippen molar-refractivity contribution in [3.8, 4) is 5.75 Å². The molecule has 0 atom stereocenters. The molecule has 1 aromatic rings. The number of hydrogen-bond donors (Lipinski definition) is 2. The number of ether oxygens (including phenoxy) is 1. The molecule has 136 valence electrons. The number of alkyl halides is 2. The van der Waals surface area contributed by atoms with Crippen molar-refractivity contribution in [2.24, 2.45) is 21.5 Å². The first-order chi connectivity index (χ1) is 11.8. The van der Waals surface area contributed by atoms with Crippen LogP contribution in [0.15, 0.2) is 26.6 Å². The predicted molar refractivity (Wildman–Crippen MR) is 92.3 cm³/mol. The fraction of sp³-hybridized carbons (Fsp3) is 0.467. The molecule has 0 saturated heterocycles. The average molecular weight is 420 g/mol. The first-order valence-electron chi connectivity index (χ1n) is 7.76. The van der Waals surface area contributed by atoms with Crippen LogP contribution in [0.1, 0.15) is 32.1 Å². The van der Waals surface area contributed by atoms with Crippen molar-refractivity contribution >= 4 is 33.5 Å². The zero-order valence-electron chi connectivity index (χ0n) is 13.2. The van der Waals surface area contributed by atoms with Crippen molar-refractivity contribution in [2.45, 2.75) is 44.4 Å². The van der Waals surface area contributed by atoms with Gasteiger partial charge < -0.3 is 16.2 Å². The van der Waals surface area contributed by atoms with Gasteiger partial charge in [0.25, 0.3) is 0 Å². The molecule has 25 heavy (non-hydrogen) atoms. The van der Waals surface area contributed by atoms with Gasteiger partial charge in [0.1, 0.15) is 11.5 Å². The van der Waals surface area contributed by atoms with E-state index >= 15 is 0 Å². The minimum Gasteiger partial charge on any atom is -0.431 e. The molecule has 1 saturated carbocycles. The summed E-state index contributed by atoms with van der Waals surface area (Å²) < 4.78 is 44.4. The van der Waals surface area contributed by atoms with Crippen LogP contribution in [-0.2, 0) is 0 Å². The van der Waals surface area contributed by atoms with Crippen LogP contribution in [0.2, 0.25) is 0 Å². The molecule has 0 bridgehead atoms. The molecule has 0 unspecified atom stereocenters. The fourth-order valence-electron chi connectivity index (χ4n) is 3.39. The Morgan fingerprint density at radius 1 is 1.20 bits per heavy atom. The van der Waals surface area contributed by atoms with Gasteiger partial charge in [0, 0.05) is 6.07 Å². The third kappa shape index (κ3) is 3.39. The molecule has 1 aromatic carbocycles. The molecule has 1 spiro atoms. The smallest absolute Gasteiger partial charge is 0.387 e. The maximum Gasteiger partial charge on any atom is 0.387 e. The number of anilines is 1. The van der Waals surface area contributed by atoms with Crippen molar-refractivity contribution in [2.75, 3.05) is 4.90 Å². The van der Waals surface area contributed by atoms with Gasteiger partial charge in [0.15, 0.2) is 5.75 Å². The average Bonchev–Trinajstić information content (AvgIpc) is 2.50. The van der Waals surface area contributed by atoms with E-state index in [1.54, 1.807) is 0 Å². The number of halogens is 4. The van der Waals surface area contributed by atoms with Crippen LogP contribution in [0.3, 0.4) is 0 Å². The largest absolute Gasteiger partial charge is 0.431 e. The molecule has 10 heteroatoms. The second-order valence-corrected chi connectivity index (χ2v) is 6.79. The highest BCUT2D eigenvalue weighted by Gasteiger charge is 2.44. The third-order valence-corrected chi connectivity index (χ3v) is 4.88. The number of benzene rings is 1. The Hall–Kier alpha value is -1.97. The van der Waals surface area contributed by atoms with Crippen LogP contribution in [-0.4, -0.2) is 24.2 Å². The molecule has 0 radical (unpaired) electrons. The summed E-state index contributed by atoms with van der Waals surface area (Å²) in [6.07, 6.45) is 3.89. The number of nitrogens with zero attached hydrogens (tertiary/aromatic N) is 3. The van der Waals surface area contributed by atoms with Crippen molar-refractivity contribution in [3.63, 3.8) is 0 Å². The van der Waals surface area contributed by atoms with Crippen LogP contribution in [0.4, 0.5) is 18.9 Å². The van der Waals surface area contributed by atoms with Gasteiger partial charge in [0.05, 0.1) is 10.2 Å². The van der Waals surface area contributed by atoms with Crippen molar-refractivity contribution < 1.29 is 17.9 Å². The molecule has 1 aliphatic heterocycles. The Morgan fingerprint density at radius 3 is 2.52 bits per heavy atom. The lowest BCUT2D eigenvalue weighted by atomic mass is 9.87. The summed E-state index contributed by atoms with van der Waals surface area (Å²) in [5, 5.41) is 0. The van der Waals surface area contributed by atoms with Crippen LogP contribution < -0.4 is 21.1 Å². The highest BCUT2D eigenvalue weighted by atomic mass is 79.9. The molecule has 4 N–H and O–H groups in total. The second kappa shape index (κ2) is 6.74. The number of aliphatic imine (C=N–C) groups is 2. The van der Waals surface area contributed by atoms with Gasteiger partial charge in [-0.05, 0) is 47.7 Å². The van der Waals surface area contributed by atoms with E-state index in [9.17, 15) is 13.2 Å². The normalized spacial score (nSPS) is 19.8. The van der Waals surface area contributed by atoms with E-state index in [4.69, 9.17) is 11.5 Å². The molecule has 1 aliphatic carbocycles. The zero-order chi connectivity index (χ0) is 18.2. The van der Waals surface area contributed by atoms with E-state index in [0.717, 1.165) is 31.4 Å². The van der Waals surface area contributed by atoms with Crippen LogP contribution in [0, 0.1) is 5.82 Å². The molecular formula is C15H17BrF3N5O. The van der Waals surface area contributed by atoms with E-state index in [-0.39, 0.29) is 27.8 Å². The lowest BCUT2D eigenvalue weighted by molar-refractivity contribution is -0.0501. The van der Waals surface area contributed by atoms with E-state index < -0.39 is 18.1 Å². The standard InChI is InChI=1S/C15H17BrF3N5O/c16-9-6-8(17)7-10(11(9)25-12(18)19)24-14(21)22-13(20)23-15(24)4-2-1-3-5-15/h6-7,12H,1-5H2,(H4,20,21,22,23). The van der Waals surface area contributed by atoms with Crippen LogP contribution in [0.25, 0.3) is 0 Å². The first-order valence-corrected chi connectivity index (χ1v) is 8.55. The third-order valence-electron chi connectivity index (χ3n) is 4.29.